The number of hydrogen-bond donors (Lipinski definition) is 1. The minimum absolute atomic E-state index is 0.250. The SMILES string of the molecule is C=Cc1ccncc1.CCO. The highest BCUT2D eigenvalue weighted by Crippen LogP contribution is 1.94. The Hall–Kier alpha value is -1.15. The molecule has 0 amide bonds. The van der Waals surface area contributed by atoms with E-state index in [0.29, 0.717) is 0 Å². The first-order chi connectivity index (χ1) is 5.35. The van der Waals surface area contributed by atoms with Crippen LogP contribution in [0.3, 0.4) is 0 Å². The molecule has 2 heteroatoms. The van der Waals surface area contributed by atoms with E-state index in [-0.39, 0.29) is 6.61 Å². The molecule has 0 aromatic carbocycles. The number of aliphatic hydroxyl groups excluding tert-OH is 1. The van der Waals surface area contributed by atoms with Crippen LogP contribution in [0.25, 0.3) is 6.08 Å². The highest BCUT2D eigenvalue weighted by molar-refractivity contribution is 5.44. The van der Waals surface area contributed by atoms with Crippen molar-refractivity contribution < 1.29 is 5.11 Å². The maximum absolute atomic E-state index is 7.57. The van der Waals surface area contributed by atoms with E-state index in [1.54, 1.807) is 25.4 Å². The molecule has 1 N–H and O–H groups in total. The molecular formula is C9H13NO. The van der Waals surface area contributed by atoms with Gasteiger partial charge in [-0.1, -0.05) is 12.7 Å². The Bertz CT molecular complexity index is 184. The van der Waals surface area contributed by atoms with E-state index >= 15 is 0 Å². The molecule has 0 atom stereocenters. The molecule has 0 aliphatic carbocycles. The van der Waals surface area contributed by atoms with Gasteiger partial charge in [0.05, 0.1) is 0 Å². The van der Waals surface area contributed by atoms with Crippen molar-refractivity contribution in [2.45, 2.75) is 6.92 Å². The van der Waals surface area contributed by atoms with Crippen LogP contribution in [0.5, 0.6) is 0 Å². The van der Waals surface area contributed by atoms with Crippen molar-refractivity contribution >= 4 is 6.08 Å². The van der Waals surface area contributed by atoms with Crippen LogP contribution >= 0.6 is 0 Å². The van der Waals surface area contributed by atoms with E-state index in [1.807, 2.05) is 12.1 Å². The van der Waals surface area contributed by atoms with Gasteiger partial charge < -0.3 is 5.11 Å². The third-order valence-corrected chi connectivity index (χ3v) is 0.942. The highest BCUT2D eigenvalue weighted by atomic mass is 16.2. The quantitative estimate of drug-likeness (QED) is 0.663. The summed E-state index contributed by atoms with van der Waals surface area (Å²) in [7, 11) is 0. The predicted octanol–water partition coefficient (Wildman–Crippen LogP) is 1.72. The summed E-state index contributed by atoms with van der Waals surface area (Å²) >= 11 is 0. The molecule has 0 radical (unpaired) electrons. The van der Waals surface area contributed by atoms with Crippen LogP contribution in [-0.4, -0.2) is 16.7 Å². The van der Waals surface area contributed by atoms with Crippen LogP contribution < -0.4 is 0 Å². The Morgan fingerprint density at radius 2 is 2.00 bits per heavy atom. The molecule has 0 unspecified atom stereocenters. The molecule has 0 aliphatic heterocycles. The van der Waals surface area contributed by atoms with E-state index in [0.717, 1.165) is 5.56 Å². The average Bonchev–Trinajstić information content (AvgIpc) is 2.08. The highest BCUT2D eigenvalue weighted by Gasteiger charge is 1.76. The molecule has 0 bridgehead atoms. The lowest BCUT2D eigenvalue weighted by atomic mass is 10.3. The van der Waals surface area contributed by atoms with Gasteiger partial charge in [0, 0.05) is 19.0 Å². The summed E-state index contributed by atoms with van der Waals surface area (Å²) in [4.78, 5) is 3.85. The summed E-state index contributed by atoms with van der Waals surface area (Å²) in [6, 6.07) is 3.82. The molecule has 11 heavy (non-hydrogen) atoms. The van der Waals surface area contributed by atoms with Gasteiger partial charge in [-0.25, -0.2) is 0 Å². The Morgan fingerprint density at radius 1 is 1.55 bits per heavy atom. The van der Waals surface area contributed by atoms with Gasteiger partial charge in [0.25, 0.3) is 0 Å². The standard InChI is InChI=1S/C7H7N.C2H6O/c1-2-7-3-5-8-6-4-7;1-2-3/h2-6H,1H2;3H,2H2,1H3. The average molecular weight is 151 g/mol. The first-order valence-corrected chi connectivity index (χ1v) is 3.48. The lowest BCUT2D eigenvalue weighted by Gasteiger charge is -1.84. The van der Waals surface area contributed by atoms with Crippen LogP contribution in [-0.2, 0) is 0 Å². The van der Waals surface area contributed by atoms with Crippen molar-refractivity contribution in [1.29, 1.82) is 0 Å². The number of aliphatic hydroxyl groups is 1. The van der Waals surface area contributed by atoms with E-state index in [2.05, 4.69) is 11.6 Å². The van der Waals surface area contributed by atoms with Crippen molar-refractivity contribution in [3.05, 3.63) is 36.7 Å². The van der Waals surface area contributed by atoms with Gasteiger partial charge in [0.1, 0.15) is 0 Å². The fraction of sp³-hybridized carbons (Fsp3) is 0.222. The number of hydrogen-bond acceptors (Lipinski definition) is 2. The summed E-state index contributed by atoms with van der Waals surface area (Å²) < 4.78 is 0. The van der Waals surface area contributed by atoms with Crippen molar-refractivity contribution in [3.8, 4) is 0 Å². The normalized spacial score (nSPS) is 7.82. The van der Waals surface area contributed by atoms with E-state index in [4.69, 9.17) is 5.11 Å². The zero-order valence-electron chi connectivity index (χ0n) is 6.70. The second kappa shape index (κ2) is 6.96. The topological polar surface area (TPSA) is 33.1 Å². The monoisotopic (exact) mass is 151 g/mol. The van der Waals surface area contributed by atoms with Crippen molar-refractivity contribution in [2.75, 3.05) is 6.61 Å². The molecule has 1 aromatic heterocycles. The summed E-state index contributed by atoms with van der Waals surface area (Å²) in [5.74, 6) is 0. The van der Waals surface area contributed by atoms with Crippen molar-refractivity contribution in [3.63, 3.8) is 0 Å². The molecule has 60 valence electrons. The molecule has 0 saturated carbocycles. The predicted molar refractivity (Wildman–Crippen MR) is 47.1 cm³/mol. The van der Waals surface area contributed by atoms with E-state index in [9.17, 15) is 0 Å². The molecule has 0 fully saturated rings. The fourth-order valence-electron chi connectivity index (χ4n) is 0.500. The Kier molecular flexibility index (Phi) is 6.24. The van der Waals surface area contributed by atoms with Gasteiger partial charge in [0.2, 0.25) is 0 Å². The number of nitrogens with zero attached hydrogens (tertiary/aromatic N) is 1. The minimum atomic E-state index is 0.250. The second-order valence-electron chi connectivity index (χ2n) is 1.80. The summed E-state index contributed by atoms with van der Waals surface area (Å²) in [6.45, 7) is 5.53. The van der Waals surface area contributed by atoms with Gasteiger partial charge in [-0.2, -0.15) is 0 Å². The van der Waals surface area contributed by atoms with E-state index < -0.39 is 0 Å². The number of pyridine rings is 1. The van der Waals surface area contributed by atoms with Gasteiger partial charge in [-0.15, -0.1) is 0 Å². The van der Waals surface area contributed by atoms with Crippen LogP contribution in [0.1, 0.15) is 12.5 Å². The summed E-state index contributed by atoms with van der Waals surface area (Å²) in [5.41, 5.74) is 1.11. The van der Waals surface area contributed by atoms with Gasteiger partial charge in [-0.3, -0.25) is 4.98 Å². The first-order valence-electron chi connectivity index (χ1n) is 3.48. The Labute approximate surface area is 67.2 Å². The Balaban J connectivity index is 0.000000292. The molecule has 0 aliphatic rings. The van der Waals surface area contributed by atoms with Crippen LogP contribution in [0.2, 0.25) is 0 Å². The fourth-order valence-corrected chi connectivity index (χ4v) is 0.500. The first kappa shape index (κ1) is 9.85. The number of aromatic nitrogens is 1. The molecule has 0 spiro atoms. The molecule has 1 aromatic rings. The maximum Gasteiger partial charge on any atom is 0.0402 e. The van der Waals surface area contributed by atoms with Gasteiger partial charge in [-0.05, 0) is 24.6 Å². The molecule has 1 rings (SSSR count). The molecule has 1 heterocycles. The second-order valence-corrected chi connectivity index (χ2v) is 1.80. The summed E-state index contributed by atoms with van der Waals surface area (Å²) in [6.07, 6.45) is 5.29. The minimum Gasteiger partial charge on any atom is -0.397 e. The largest absolute Gasteiger partial charge is 0.397 e. The zero-order chi connectivity index (χ0) is 8.53. The van der Waals surface area contributed by atoms with Gasteiger partial charge >= 0.3 is 0 Å². The lowest BCUT2D eigenvalue weighted by molar-refractivity contribution is 0.318. The van der Waals surface area contributed by atoms with Crippen LogP contribution in [0, 0.1) is 0 Å². The number of rotatable bonds is 1. The Morgan fingerprint density at radius 3 is 2.27 bits per heavy atom. The molecule has 2 nitrogen and oxygen atoms in total. The molecule has 0 saturated heterocycles. The van der Waals surface area contributed by atoms with Crippen molar-refractivity contribution in [2.24, 2.45) is 0 Å². The van der Waals surface area contributed by atoms with E-state index in [1.165, 1.54) is 0 Å². The van der Waals surface area contributed by atoms with Crippen molar-refractivity contribution in [1.82, 2.24) is 4.98 Å². The van der Waals surface area contributed by atoms with Gasteiger partial charge in [0.15, 0.2) is 0 Å². The van der Waals surface area contributed by atoms with Crippen LogP contribution in [0.15, 0.2) is 31.1 Å². The summed E-state index contributed by atoms with van der Waals surface area (Å²) in [5, 5.41) is 7.57. The third kappa shape index (κ3) is 5.30. The molecular weight excluding hydrogens is 138 g/mol. The van der Waals surface area contributed by atoms with Crippen LogP contribution in [0.4, 0.5) is 0 Å². The maximum atomic E-state index is 7.57. The smallest absolute Gasteiger partial charge is 0.0402 e. The lowest BCUT2D eigenvalue weighted by Crippen LogP contribution is -1.69. The zero-order valence-corrected chi connectivity index (χ0v) is 6.70. The third-order valence-electron chi connectivity index (χ3n) is 0.942.